The Kier molecular flexibility index (Phi) is 6.07. The molecule has 0 aliphatic heterocycles. The fraction of sp³-hybridized carbons (Fsp3) is 0.125. The van der Waals surface area contributed by atoms with Gasteiger partial charge in [0.15, 0.2) is 0 Å². The number of methoxy groups -OCH3 is 1. The van der Waals surface area contributed by atoms with Gasteiger partial charge in [0, 0.05) is 0 Å². The molecule has 0 aromatic heterocycles. The van der Waals surface area contributed by atoms with E-state index in [1.54, 1.807) is 12.1 Å². The third kappa shape index (κ3) is 3.11. The Morgan fingerprint density at radius 2 is 1.93 bits per heavy atom. The molecule has 0 bridgehead atoms. The van der Waals surface area contributed by atoms with Gasteiger partial charge in [0.1, 0.15) is 0 Å². The number of ether oxygens (including phenoxy) is 1. The molecule has 0 radical (unpaired) electrons. The van der Waals surface area contributed by atoms with Crippen LogP contribution in [0.15, 0.2) is 24.3 Å². The fourth-order valence-electron chi connectivity index (χ4n) is 1.02. The third-order valence-electron chi connectivity index (χ3n) is 1.64. The minimum atomic E-state index is -1.66. The summed E-state index contributed by atoms with van der Waals surface area (Å²) in [5.41, 5.74) is 0.314. The van der Waals surface area contributed by atoms with E-state index < -0.39 is 13.1 Å². The summed E-state index contributed by atoms with van der Waals surface area (Å²) in [5.74, 6) is -0.580. The van der Waals surface area contributed by atoms with Crippen molar-refractivity contribution in [1.29, 1.82) is 0 Å². The van der Waals surface area contributed by atoms with E-state index >= 15 is 0 Å². The number of carbonyl (C=O) groups excluding carboxylic acids is 1. The van der Waals surface area contributed by atoms with Crippen LogP contribution in [0.5, 0.6) is 0 Å². The predicted molar refractivity (Wildman–Crippen MR) is 54.8 cm³/mol. The Balaban J connectivity index is 0.00000169. The monoisotopic (exact) mass is 204 g/mol. The summed E-state index contributed by atoms with van der Waals surface area (Å²) in [7, 11) is -0.418. The van der Waals surface area contributed by atoms with Gasteiger partial charge in [0.05, 0.1) is 12.7 Å². The molecule has 0 amide bonds. The second kappa shape index (κ2) is 6.21. The first kappa shape index (κ1) is 13.7. The number of carbonyl (C=O) groups is 1. The van der Waals surface area contributed by atoms with Gasteiger partial charge in [-0.3, -0.25) is 0 Å². The molecular weight excluding hydrogens is 194 g/mol. The molecule has 2 N–H and O–H groups in total. The molecule has 0 spiro atoms. The Bertz CT molecular complexity index is 316. The molecule has 0 saturated carbocycles. The normalized spacial score (nSPS) is 8.79. The standard InChI is InChI=1S/C8H9BO4.Na.H/c1-13-8(10)6-4-2-3-5-7(6)9(11)12;;/h2-5,11-12H,1H3;;. The minimum absolute atomic E-state index is 0. The van der Waals surface area contributed by atoms with Crippen molar-refractivity contribution >= 4 is 48.1 Å². The molecule has 0 aliphatic rings. The second-order valence-electron chi connectivity index (χ2n) is 2.45. The number of rotatable bonds is 2. The van der Waals surface area contributed by atoms with Gasteiger partial charge in [0.2, 0.25) is 0 Å². The Morgan fingerprint density at radius 3 is 2.43 bits per heavy atom. The Morgan fingerprint density at radius 1 is 1.36 bits per heavy atom. The summed E-state index contributed by atoms with van der Waals surface area (Å²) in [6, 6.07) is 6.16. The quantitative estimate of drug-likeness (QED) is 0.454. The van der Waals surface area contributed by atoms with Crippen molar-refractivity contribution in [3.05, 3.63) is 29.8 Å². The zero-order valence-electron chi connectivity index (χ0n) is 7.10. The Hall–Kier alpha value is -0.325. The van der Waals surface area contributed by atoms with Crippen LogP contribution in [0, 0.1) is 0 Å². The molecular formula is C8H10BNaO4. The van der Waals surface area contributed by atoms with E-state index in [4.69, 9.17) is 10.0 Å². The molecule has 0 aliphatic carbocycles. The van der Waals surface area contributed by atoms with Crippen LogP contribution in [0.3, 0.4) is 0 Å². The van der Waals surface area contributed by atoms with Crippen LogP contribution in [-0.4, -0.2) is 59.8 Å². The molecule has 70 valence electrons. The summed E-state index contributed by atoms with van der Waals surface area (Å²) in [5, 5.41) is 17.8. The van der Waals surface area contributed by atoms with Crippen LogP contribution in [0.2, 0.25) is 0 Å². The van der Waals surface area contributed by atoms with Crippen molar-refractivity contribution in [2.24, 2.45) is 0 Å². The molecule has 14 heavy (non-hydrogen) atoms. The van der Waals surface area contributed by atoms with Crippen LogP contribution in [0.25, 0.3) is 0 Å². The third-order valence-corrected chi connectivity index (χ3v) is 1.64. The van der Waals surface area contributed by atoms with Crippen molar-refractivity contribution in [3.8, 4) is 0 Å². The molecule has 0 heterocycles. The molecule has 0 saturated heterocycles. The van der Waals surface area contributed by atoms with Gasteiger partial charge in [-0.15, -0.1) is 0 Å². The molecule has 6 heteroatoms. The van der Waals surface area contributed by atoms with Gasteiger partial charge in [-0.2, -0.15) is 0 Å². The maximum atomic E-state index is 11.1. The molecule has 0 fully saturated rings. The molecule has 0 atom stereocenters. The van der Waals surface area contributed by atoms with Gasteiger partial charge in [-0.25, -0.2) is 4.79 Å². The SMILES string of the molecule is COC(=O)c1ccccc1B(O)O.[NaH]. The van der Waals surface area contributed by atoms with Gasteiger partial charge >= 0.3 is 42.6 Å². The number of benzene rings is 1. The van der Waals surface area contributed by atoms with E-state index in [-0.39, 0.29) is 40.6 Å². The molecule has 4 nitrogen and oxygen atoms in total. The van der Waals surface area contributed by atoms with E-state index in [2.05, 4.69) is 4.74 Å². The van der Waals surface area contributed by atoms with Gasteiger partial charge in [-0.1, -0.05) is 18.2 Å². The Labute approximate surface area is 104 Å². The van der Waals surface area contributed by atoms with Crippen molar-refractivity contribution in [2.45, 2.75) is 0 Å². The summed E-state index contributed by atoms with van der Waals surface area (Å²) in [4.78, 5) is 11.1. The summed E-state index contributed by atoms with van der Waals surface area (Å²) in [6.45, 7) is 0. The van der Waals surface area contributed by atoms with Crippen LogP contribution in [0.1, 0.15) is 10.4 Å². The van der Waals surface area contributed by atoms with E-state index in [0.29, 0.717) is 0 Å². The van der Waals surface area contributed by atoms with E-state index in [0.717, 1.165) is 0 Å². The second-order valence-corrected chi connectivity index (χ2v) is 2.45. The molecule has 0 unspecified atom stereocenters. The van der Waals surface area contributed by atoms with Crippen molar-refractivity contribution in [2.75, 3.05) is 7.11 Å². The average molecular weight is 204 g/mol. The number of hydrogen-bond donors (Lipinski definition) is 2. The molecule has 1 aromatic rings. The summed E-state index contributed by atoms with van der Waals surface area (Å²) < 4.78 is 4.47. The van der Waals surface area contributed by atoms with Gasteiger partial charge in [-0.05, 0) is 11.5 Å². The average Bonchev–Trinajstić information content (AvgIpc) is 2.16. The van der Waals surface area contributed by atoms with Gasteiger partial charge in [0.25, 0.3) is 0 Å². The predicted octanol–water partition coefficient (Wildman–Crippen LogP) is -1.50. The van der Waals surface area contributed by atoms with Crippen LogP contribution in [-0.2, 0) is 4.74 Å². The number of hydrogen-bond acceptors (Lipinski definition) is 4. The number of esters is 1. The first-order valence-electron chi connectivity index (χ1n) is 3.70. The van der Waals surface area contributed by atoms with Crippen LogP contribution < -0.4 is 5.46 Å². The van der Waals surface area contributed by atoms with Crippen LogP contribution in [0.4, 0.5) is 0 Å². The zero-order valence-corrected chi connectivity index (χ0v) is 7.10. The summed E-state index contributed by atoms with van der Waals surface area (Å²) in [6.07, 6.45) is 0. The van der Waals surface area contributed by atoms with Crippen molar-refractivity contribution < 1.29 is 19.6 Å². The summed E-state index contributed by atoms with van der Waals surface area (Å²) >= 11 is 0. The molecule has 1 rings (SSSR count). The van der Waals surface area contributed by atoms with Crippen molar-refractivity contribution in [3.63, 3.8) is 0 Å². The maximum absolute atomic E-state index is 11.1. The molecule has 1 aromatic carbocycles. The van der Waals surface area contributed by atoms with Crippen LogP contribution >= 0.6 is 0 Å². The van der Waals surface area contributed by atoms with Crippen molar-refractivity contribution in [1.82, 2.24) is 0 Å². The van der Waals surface area contributed by atoms with E-state index in [1.807, 2.05) is 0 Å². The van der Waals surface area contributed by atoms with E-state index in [9.17, 15) is 4.79 Å². The first-order chi connectivity index (χ1) is 6.16. The van der Waals surface area contributed by atoms with Gasteiger partial charge < -0.3 is 14.8 Å². The first-order valence-corrected chi connectivity index (χ1v) is 3.70. The zero-order chi connectivity index (χ0) is 9.84. The topological polar surface area (TPSA) is 66.8 Å². The fourth-order valence-corrected chi connectivity index (χ4v) is 1.02. The van der Waals surface area contributed by atoms with E-state index in [1.165, 1.54) is 19.2 Å².